The summed E-state index contributed by atoms with van der Waals surface area (Å²) in [7, 11) is 0. The van der Waals surface area contributed by atoms with E-state index in [2.05, 4.69) is 10.3 Å². The fourth-order valence-electron chi connectivity index (χ4n) is 6.98. The van der Waals surface area contributed by atoms with E-state index in [9.17, 15) is 9.59 Å². The number of hydrogen-bond donors (Lipinski definition) is 1. The lowest BCUT2D eigenvalue weighted by Gasteiger charge is -2.56. The van der Waals surface area contributed by atoms with Crippen molar-refractivity contribution in [1.82, 2.24) is 15.2 Å². The van der Waals surface area contributed by atoms with Gasteiger partial charge in [-0.15, -0.1) is 0 Å². The molecule has 6 rings (SSSR count). The summed E-state index contributed by atoms with van der Waals surface area (Å²) < 4.78 is 0. The predicted octanol–water partition coefficient (Wildman–Crippen LogP) is 3.47. The quantitative estimate of drug-likeness (QED) is 0.869. The number of likely N-dealkylation sites (tertiary alicyclic amines) is 1. The molecule has 5 fully saturated rings. The van der Waals surface area contributed by atoms with Crippen LogP contribution in [0.25, 0.3) is 0 Å². The van der Waals surface area contributed by atoms with Gasteiger partial charge in [-0.2, -0.15) is 0 Å². The Morgan fingerprint density at radius 1 is 1.14 bits per heavy atom. The number of carbonyl (C=O) groups excluding carboxylic acids is 2. The highest BCUT2D eigenvalue weighted by Gasteiger charge is 2.56. The summed E-state index contributed by atoms with van der Waals surface area (Å²) in [6.45, 7) is 2.69. The van der Waals surface area contributed by atoms with Crippen LogP contribution in [0, 0.1) is 23.2 Å². The molecule has 1 N–H and O–H groups in total. The van der Waals surface area contributed by atoms with Gasteiger partial charge >= 0.3 is 0 Å². The van der Waals surface area contributed by atoms with Gasteiger partial charge in [-0.25, -0.2) is 0 Å². The average molecular weight is 382 g/mol. The van der Waals surface area contributed by atoms with Crippen LogP contribution in [0.4, 0.5) is 0 Å². The van der Waals surface area contributed by atoms with Gasteiger partial charge in [-0.3, -0.25) is 14.6 Å². The number of nitrogens with zero attached hydrogens (tertiary/aromatic N) is 2. The monoisotopic (exact) mass is 381 g/mol. The highest BCUT2D eigenvalue weighted by Crippen LogP contribution is 2.60. The van der Waals surface area contributed by atoms with Crippen molar-refractivity contribution < 1.29 is 9.59 Å². The molecule has 5 nitrogen and oxygen atoms in total. The molecule has 1 aromatic rings. The van der Waals surface area contributed by atoms with Crippen molar-refractivity contribution >= 4 is 11.8 Å². The standard InChI is InChI=1S/C23H31N3O2/c1-15(19-5-2-3-7-24-19)25-21(27)20-6-4-8-26(20)22(28)23-12-16-9-17(13-23)11-18(10-16)14-23/h2-3,5,7,15-18,20H,4,6,8-14H2,1H3,(H,25,27). The maximum Gasteiger partial charge on any atom is 0.243 e. The van der Waals surface area contributed by atoms with E-state index in [0.29, 0.717) is 0 Å². The van der Waals surface area contributed by atoms with Gasteiger partial charge in [0.2, 0.25) is 11.8 Å². The largest absolute Gasteiger partial charge is 0.346 e. The van der Waals surface area contributed by atoms with E-state index in [4.69, 9.17) is 0 Å². The zero-order chi connectivity index (χ0) is 19.3. The first-order valence-corrected chi connectivity index (χ1v) is 11.1. The zero-order valence-corrected chi connectivity index (χ0v) is 16.8. The van der Waals surface area contributed by atoms with Crippen molar-refractivity contribution in [2.45, 2.75) is 70.4 Å². The van der Waals surface area contributed by atoms with Gasteiger partial charge in [0.25, 0.3) is 0 Å². The van der Waals surface area contributed by atoms with Gasteiger partial charge < -0.3 is 10.2 Å². The molecule has 4 aliphatic carbocycles. The van der Waals surface area contributed by atoms with Crippen molar-refractivity contribution in [1.29, 1.82) is 0 Å². The molecule has 1 aromatic heterocycles. The number of carbonyl (C=O) groups is 2. The highest BCUT2D eigenvalue weighted by atomic mass is 16.2. The molecule has 5 aliphatic rings. The summed E-state index contributed by atoms with van der Waals surface area (Å²) in [5, 5.41) is 3.10. The van der Waals surface area contributed by atoms with Crippen molar-refractivity contribution in [2.24, 2.45) is 23.2 Å². The molecular formula is C23H31N3O2. The first kappa shape index (κ1) is 18.1. The molecule has 0 aromatic carbocycles. The van der Waals surface area contributed by atoms with Crippen LogP contribution >= 0.6 is 0 Å². The molecule has 4 bridgehead atoms. The Bertz CT molecular complexity index is 727. The minimum absolute atomic E-state index is 0.0197. The Morgan fingerprint density at radius 2 is 1.82 bits per heavy atom. The number of rotatable bonds is 4. The minimum atomic E-state index is -0.313. The van der Waals surface area contributed by atoms with E-state index in [1.165, 1.54) is 19.3 Å². The molecule has 2 amide bonds. The zero-order valence-electron chi connectivity index (χ0n) is 16.8. The molecule has 2 heterocycles. The van der Waals surface area contributed by atoms with Crippen LogP contribution in [-0.4, -0.2) is 34.3 Å². The number of nitrogens with one attached hydrogen (secondary N) is 1. The predicted molar refractivity (Wildman–Crippen MR) is 106 cm³/mol. The van der Waals surface area contributed by atoms with Crippen LogP contribution in [0.5, 0.6) is 0 Å². The summed E-state index contributed by atoms with van der Waals surface area (Å²) in [5.41, 5.74) is 0.692. The third-order valence-electron chi connectivity index (χ3n) is 7.80. The first-order chi connectivity index (χ1) is 13.5. The Kier molecular flexibility index (Phi) is 4.44. The number of amides is 2. The summed E-state index contributed by atoms with van der Waals surface area (Å²) in [6.07, 6.45) is 10.6. The molecule has 0 spiro atoms. The van der Waals surface area contributed by atoms with Crippen molar-refractivity contribution in [3.63, 3.8) is 0 Å². The Hall–Kier alpha value is -1.91. The summed E-state index contributed by atoms with van der Waals surface area (Å²) in [5.74, 6) is 2.50. The fraction of sp³-hybridized carbons (Fsp3) is 0.696. The maximum atomic E-state index is 13.7. The third kappa shape index (κ3) is 3.03. The fourth-order valence-corrected chi connectivity index (χ4v) is 6.98. The molecule has 5 heteroatoms. The highest BCUT2D eigenvalue weighted by molar-refractivity contribution is 5.91. The molecule has 4 saturated carbocycles. The van der Waals surface area contributed by atoms with E-state index < -0.39 is 0 Å². The van der Waals surface area contributed by atoms with Crippen LogP contribution in [0.15, 0.2) is 24.4 Å². The van der Waals surface area contributed by atoms with Crippen molar-refractivity contribution in [3.8, 4) is 0 Å². The lowest BCUT2D eigenvalue weighted by molar-refractivity contribution is -0.160. The third-order valence-corrected chi connectivity index (χ3v) is 7.80. The Labute approximate surface area is 167 Å². The molecule has 2 atom stereocenters. The van der Waals surface area contributed by atoms with Crippen LogP contribution in [-0.2, 0) is 9.59 Å². The van der Waals surface area contributed by atoms with E-state index in [1.807, 2.05) is 30.0 Å². The van der Waals surface area contributed by atoms with Gasteiger partial charge in [0.05, 0.1) is 17.2 Å². The molecule has 1 saturated heterocycles. The average Bonchev–Trinajstić information content (AvgIpc) is 3.17. The number of pyridine rings is 1. The Morgan fingerprint density at radius 3 is 2.43 bits per heavy atom. The van der Waals surface area contributed by atoms with Crippen molar-refractivity contribution in [2.75, 3.05) is 6.54 Å². The van der Waals surface area contributed by atoms with Gasteiger partial charge in [0.15, 0.2) is 0 Å². The molecular weight excluding hydrogens is 350 g/mol. The summed E-state index contributed by atoms with van der Waals surface area (Å²) in [4.78, 5) is 33.0. The summed E-state index contributed by atoms with van der Waals surface area (Å²) >= 11 is 0. The van der Waals surface area contributed by atoms with Gasteiger partial charge in [0, 0.05) is 12.7 Å². The number of hydrogen-bond acceptors (Lipinski definition) is 3. The van der Waals surface area contributed by atoms with E-state index in [0.717, 1.165) is 62.1 Å². The molecule has 2 unspecified atom stereocenters. The maximum absolute atomic E-state index is 13.7. The second-order valence-electron chi connectivity index (χ2n) is 9.84. The Balaban J connectivity index is 1.30. The normalized spacial score (nSPS) is 37.1. The van der Waals surface area contributed by atoms with Crippen LogP contribution in [0.2, 0.25) is 0 Å². The van der Waals surface area contributed by atoms with E-state index in [-0.39, 0.29) is 29.3 Å². The topological polar surface area (TPSA) is 62.3 Å². The second kappa shape index (κ2) is 6.85. The smallest absolute Gasteiger partial charge is 0.243 e. The molecule has 1 aliphatic heterocycles. The van der Waals surface area contributed by atoms with Gasteiger partial charge in [0.1, 0.15) is 6.04 Å². The number of aromatic nitrogens is 1. The molecule has 150 valence electrons. The lowest BCUT2D eigenvalue weighted by Crippen LogP contribution is -2.57. The minimum Gasteiger partial charge on any atom is -0.346 e. The van der Waals surface area contributed by atoms with Gasteiger partial charge in [-0.1, -0.05) is 6.07 Å². The van der Waals surface area contributed by atoms with Crippen molar-refractivity contribution in [3.05, 3.63) is 30.1 Å². The second-order valence-corrected chi connectivity index (χ2v) is 9.84. The first-order valence-electron chi connectivity index (χ1n) is 11.1. The van der Waals surface area contributed by atoms with Crippen LogP contribution < -0.4 is 5.32 Å². The summed E-state index contributed by atoms with van der Waals surface area (Å²) in [6, 6.07) is 5.28. The van der Waals surface area contributed by atoms with Crippen LogP contribution in [0.3, 0.4) is 0 Å². The molecule has 0 radical (unpaired) electrons. The van der Waals surface area contributed by atoms with E-state index >= 15 is 0 Å². The van der Waals surface area contributed by atoms with E-state index in [1.54, 1.807) is 6.20 Å². The SMILES string of the molecule is CC(NC(=O)C1CCCN1C(=O)C12CC3CC(CC(C3)C1)C2)c1ccccn1. The van der Waals surface area contributed by atoms with Crippen LogP contribution in [0.1, 0.15) is 70.0 Å². The molecule has 28 heavy (non-hydrogen) atoms. The lowest BCUT2D eigenvalue weighted by atomic mass is 9.49. The van der Waals surface area contributed by atoms with Gasteiger partial charge in [-0.05, 0) is 88.2 Å².